The van der Waals surface area contributed by atoms with Gasteiger partial charge in [0, 0.05) is 32.7 Å². The van der Waals surface area contributed by atoms with E-state index in [0.717, 1.165) is 51.0 Å². The number of hydrogen-bond acceptors (Lipinski definition) is 6. The van der Waals surface area contributed by atoms with E-state index in [1.165, 1.54) is 0 Å². The fourth-order valence-corrected chi connectivity index (χ4v) is 3.38. The molecule has 7 nitrogen and oxygen atoms in total. The van der Waals surface area contributed by atoms with Crippen LogP contribution in [0.5, 0.6) is 0 Å². The maximum absolute atomic E-state index is 12.7. The quantitative estimate of drug-likeness (QED) is 0.742. The molecular formula is C21H28N6O. The molecule has 2 aromatic rings. The molecule has 1 aromatic carbocycles. The Morgan fingerprint density at radius 2 is 1.86 bits per heavy atom. The Morgan fingerprint density at radius 3 is 2.50 bits per heavy atom. The van der Waals surface area contributed by atoms with Gasteiger partial charge in [0.25, 0.3) is 0 Å². The summed E-state index contributed by atoms with van der Waals surface area (Å²) in [6, 6.07) is 9.76. The van der Waals surface area contributed by atoms with Gasteiger partial charge in [0.05, 0.1) is 17.1 Å². The molecule has 7 heteroatoms. The minimum atomic E-state index is -0.964. The second-order valence-electron chi connectivity index (χ2n) is 7.27. The molecule has 1 fully saturated rings. The Morgan fingerprint density at radius 1 is 1.18 bits per heavy atom. The van der Waals surface area contributed by atoms with Crippen LogP contribution in [0.2, 0.25) is 0 Å². The number of rotatable bonds is 7. The highest BCUT2D eigenvalue weighted by molar-refractivity contribution is 5.88. The minimum Gasteiger partial charge on any atom is -0.355 e. The summed E-state index contributed by atoms with van der Waals surface area (Å²) >= 11 is 0. The number of hydrogen-bond donors (Lipinski definition) is 1. The first-order valence-electron chi connectivity index (χ1n) is 10.0. The molecule has 0 saturated carbocycles. The van der Waals surface area contributed by atoms with Crippen molar-refractivity contribution in [1.29, 1.82) is 5.26 Å². The van der Waals surface area contributed by atoms with Crippen molar-refractivity contribution in [1.82, 2.24) is 20.2 Å². The zero-order chi connectivity index (χ0) is 19.9. The fourth-order valence-electron chi connectivity index (χ4n) is 3.38. The lowest BCUT2D eigenvalue weighted by atomic mass is 10.0. The lowest BCUT2D eigenvalue weighted by molar-refractivity contribution is -0.121. The number of amides is 1. The van der Waals surface area contributed by atoms with Gasteiger partial charge in [-0.05, 0) is 25.6 Å². The van der Waals surface area contributed by atoms with E-state index in [2.05, 4.69) is 35.2 Å². The first kappa shape index (κ1) is 20.0. The highest BCUT2D eigenvalue weighted by Gasteiger charge is 2.29. The van der Waals surface area contributed by atoms with Crippen LogP contribution in [0.3, 0.4) is 0 Å². The number of carbonyl (C=O) groups is 1. The Labute approximate surface area is 166 Å². The van der Waals surface area contributed by atoms with Crippen LogP contribution >= 0.6 is 0 Å². The SMILES string of the molecule is CCCCCNC(=O)[C@H](C#N)c1nc2ccccc2nc1N1CCN(C)CC1. The molecule has 1 atom stereocenters. The molecule has 0 radical (unpaired) electrons. The van der Waals surface area contributed by atoms with E-state index in [-0.39, 0.29) is 5.91 Å². The molecule has 0 spiro atoms. The normalized spacial score (nSPS) is 16.0. The number of likely N-dealkylation sites (N-methyl/N-ethyl adjacent to an activating group) is 1. The average molecular weight is 380 g/mol. The van der Waals surface area contributed by atoms with Crippen molar-refractivity contribution >= 4 is 22.8 Å². The number of aromatic nitrogens is 2. The molecule has 0 aliphatic carbocycles. The molecular weight excluding hydrogens is 352 g/mol. The molecule has 2 heterocycles. The molecule has 148 valence electrons. The van der Waals surface area contributed by atoms with Gasteiger partial charge in [0.1, 0.15) is 5.69 Å². The number of nitrogens with one attached hydrogen (secondary N) is 1. The van der Waals surface area contributed by atoms with Gasteiger partial charge in [-0.2, -0.15) is 5.26 Å². The Hall–Kier alpha value is -2.72. The number of nitriles is 1. The Kier molecular flexibility index (Phi) is 6.77. The number of nitrogens with zero attached hydrogens (tertiary/aromatic N) is 5. The van der Waals surface area contributed by atoms with E-state index < -0.39 is 5.92 Å². The van der Waals surface area contributed by atoms with Crippen LogP contribution in [0, 0.1) is 11.3 Å². The van der Waals surface area contributed by atoms with E-state index in [0.29, 0.717) is 23.6 Å². The van der Waals surface area contributed by atoms with E-state index in [9.17, 15) is 10.1 Å². The largest absolute Gasteiger partial charge is 0.355 e. The summed E-state index contributed by atoms with van der Waals surface area (Å²) in [6.07, 6.45) is 3.05. The van der Waals surface area contributed by atoms with Crippen molar-refractivity contribution in [3.63, 3.8) is 0 Å². The Bertz CT molecular complexity index is 854. The molecule has 1 amide bonds. The third kappa shape index (κ3) is 4.57. The number of para-hydroxylation sites is 2. The summed E-state index contributed by atoms with van der Waals surface area (Å²) in [5.74, 6) is -0.603. The van der Waals surface area contributed by atoms with Crippen molar-refractivity contribution in [2.45, 2.75) is 32.1 Å². The first-order valence-corrected chi connectivity index (χ1v) is 10.0. The summed E-state index contributed by atoms with van der Waals surface area (Å²) in [5, 5.41) is 12.7. The summed E-state index contributed by atoms with van der Waals surface area (Å²) in [4.78, 5) is 26.6. The monoisotopic (exact) mass is 380 g/mol. The number of anilines is 1. The second-order valence-corrected chi connectivity index (χ2v) is 7.27. The van der Waals surface area contributed by atoms with Crippen molar-refractivity contribution in [2.75, 3.05) is 44.7 Å². The zero-order valence-corrected chi connectivity index (χ0v) is 16.7. The molecule has 1 N–H and O–H groups in total. The van der Waals surface area contributed by atoms with Crippen LogP contribution in [0.15, 0.2) is 24.3 Å². The first-order chi connectivity index (χ1) is 13.6. The van der Waals surface area contributed by atoms with Gasteiger partial charge in [0.15, 0.2) is 11.7 Å². The van der Waals surface area contributed by atoms with Crippen molar-refractivity contribution in [3.05, 3.63) is 30.0 Å². The third-order valence-electron chi connectivity index (χ3n) is 5.13. The predicted molar refractivity (Wildman–Crippen MR) is 110 cm³/mol. The number of unbranched alkanes of at least 4 members (excludes halogenated alkanes) is 2. The van der Waals surface area contributed by atoms with Crippen LogP contribution in [-0.2, 0) is 4.79 Å². The van der Waals surface area contributed by atoms with Crippen LogP contribution < -0.4 is 10.2 Å². The topological polar surface area (TPSA) is 85.1 Å². The second kappa shape index (κ2) is 9.47. The third-order valence-corrected chi connectivity index (χ3v) is 5.13. The smallest absolute Gasteiger partial charge is 0.243 e. The minimum absolute atomic E-state index is 0.293. The van der Waals surface area contributed by atoms with E-state index in [4.69, 9.17) is 9.97 Å². The van der Waals surface area contributed by atoms with Gasteiger partial charge in [-0.25, -0.2) is 9.97 Å². The fraction of sp³-hybridized carbons (Fsp3) is 0.524. The molecule has 28 heavy (non-hydrogen) atoms. The molecule has 1 aromatic heterocycles. The molecule has 1 saturated heterocycles. The standard InChI is InChI=1S/C21H28N6O/c1-3-4-7-10-23-21(28)16(15-22)19-20(27-13-11-26(2)12-14-27)25-18-9-6-5-8-17(18)24-19/h5-6,8-9,16H,3-4,7,10-14H2,1-2H3,(H,23,28)/t16-/m1/s1. The van der Waals surface area contributed by atoms with Crippen molar-refractivity contribution < 1.29 is 4.79 Å². The summed E-state index contributed by atoms with van der Waals surface area (Å²) < 4.78 is 0. The number of carbonyl (C=O) groups excluding carboxylic acids is 1. The van der Waals surface area contributed by atoms with E-state index in [1.807, 2.05) is 24.3 Å². The maximum atomic E-state index is 12.7. The van der Waals surface area contributed by atoms with E-state index >= 15 is 0 Å². The zero-order valence-electron chi connectivity index (χ0n) is 16.7. The highest BCUT2D eigenvalue weighted by Crippen LogP contribution is 2.28. The molecule has 0 unspecified atom stereocenters. The summed E-state index contributed by atoms with van der Waals surface area (Å²) in [6.45, 7) is 6.12. The summed E-state index contributed by atoms with van der Waals surface area (Å²) in [7, 11) is 2.09. The van der Waals surface area contributed by atoms with Crippen LogP contribution in [0.1, 0.15) is 37.8 Å². The molecule has 3 rings (SSSR count). The van der Waals surface area contributed by atoms with Crippen LogP contribution in [0.4, 0.5) is 5.82 Å². The van der Waals surface area contributed by atoms with Crippen molar-refractivity contribution in [2.24, 2.45) is 0 Å². The maximum Gasteiger partial charge on any atom is 0.243 e. The van der Waals surface area contributed by atoms with Gasteiger partial charge < -0.3 is 15.1 Å². The predicted octanol–water partition coefficient (Wildman–Crippen LogP) is 2.30. The number of piperazine rings is 1. The van der Waals surface area contributed by atoms with Crippen LogP contribution in [0.25, 0.3) is 11.0 Å². The van der Waals surface area contributed by atoms with Gasteiger partial charge in [0.2, 0.25) is 5.91 Å². The van der Waals surface area contributed by atoms with Gasteiger partial charge in [-0.3, -0.25) is 4.79 Å². The molecule has 0 bridgehead atoms. The van der Waals surface area contributed by atoms with Gasteiger partial charge in [-0.1, -0.05) is 31.9 Å². The van der Waals surface area contributed by atoms with Gasteiger partial charge >= 0.3 is 0 Å². The average Bonchev–Trinajstić information content (AvgIpc) is 2.72. The molecule has 1 aliphatic rings. The van der Waals surface area contributed by atoms with Gasteiger partial charge in [-0.15, -0.1) is 0 Å². The Balaban J connectivity index is 1.93. The summed E-state index contributed by atoms with van der Waals surface area (Å²) in [5.41, 5.74) is 1.94. The lowest BCUT2D eigenvalue weighted by Crippen LogP contribution is -2.45. The van der Waals surface area contributed by atoms with E-state index in [1.54, 1.807) is 0 Å². The molecule has 1 aliphatic heterocycles. The lowest BCUT2D eigenvalue weighted by Gasteiger charge is -2.34. The highest BCUT2D eigenvalue weighted by atomic mass is 16.1. The van der Waals surface area contributed by atoms with Crippen molar-refractivity contribution in [3.8, 4) is 6.07 Å². The number of benzene rings is 1. The van der Waals surface area contributed by atoms with Crippen LogP contribution in [-0.4, -0.2) is 60.5 Å². The number of fused-ring (bicyclic) bond motifs is 1.